The summed E-state index contributed by atoms with van der Waals surface area (Å²) in [6.45, 7) is 11.3. The Balaban J connectivity index is 2.48. The molecule has 1 unspecified atom stereocenters. The maximum Gasteiger partial charge on any atom is 0.343 e. The first-order valence-corrected chi connectivity index (χ1v) is 8.51. The van der Waals surface area contributed by atoms with E-state index in [0.717, 1.165) is 0 Å². The smallest absolute Gasteiger partial charge is 0.343 e. The Labute approximate surface area is 150 Å². The predicted octanol–water partition coefficient (Wildman–Crippen LogP) is 2.67. The van der Waals surface area contributed by atoms with Gasteiger partial charge in [0.2, 0.25) is 0 Å². The van der Waals surface area contributed by atoms with Gasteiger partial charge in [-0.3, -0.25) is 0 Å². The Morgan fingerprint density at radius 2 is 1.52 bits per heavy atom. The van der Waals surface area contributed by atoms with E-state index in [9.17, 15) is 9.90 Å². The zero-order chi connectivity index (χ0) is 18.9. The van der Waals surface area contributed by atoms with Gasteiger partial charge in [-0.15, -0.1) is 0 Å². The van der Waals surface area contributed by atoms with Gasteiger partial charge in [-0.05, 0) is 52.3 Å². The monoisotopic (exact) mass is 354 g/mol. The van der Waals surface area contributed by atoms with Crippen molar-refractivity contribution in [1.29, 1.82) is 0 Å². The van der Waals surface area contributed by atoms with Crippen LogP contribution in [0.15, 0.2) is 24.3 Å². The van der Waals surface area contributed by atoms with Crippen LogP contribution >= 0.6 is 0 Å². The van der Waals surface area contributed by atoms with Crippen molar-refractivity contribution >= 4 is 5.97 Å². The van der Waals surface area contributed by atoms with E-state index in [0.29, 0.717) is 44.3 Å². The Morgan fingerprint density at radius 3 is 2.08 bits per heavy atom. The fourth-order valence-corrected chi connectivity index (χ4v) is 1.95. The average molecular weight is 354 g/mol. The van der Waals surface area contributed by atoms with Crippen molar-refractivity contribution in [3.8, 4) is 5.75 Å². The molecular weight excluding hydrogens is 324 g/mol. The van der Waals surface area contributed by atoms with Gasteiger partial charge >= 0.3 is 5.97 Å². The highest BCUT2D eigenvalue weighted by Crippen LogP contribution is 2.26. The minimum atomic E-state index is -1.71. The van der Waals surface area contributed by atoms with E-state index in [1.54, 1.807) is 45.0 Å². The number of ether oxygens (including phenoxy) is 4. The molecule has 0 heterocycles. The molecule has 0 fully saturated rings. The normalized spacial score (nSPS) is 14.0. The molecule has 0 bridgehead atoms. The lowest BCUT2D eigenvalue weighted by Gasteiger charge is -2.27. The van der Waals surface area contributed by atoms with Crippen LogP contribution in [-0.4, -0.2) is 49.7 Å². The molecule has 6 heteroatoms. The maximum absolute atomic E-state index is 12.2. The second-order valence-electron chi connectivity index (χ2n) is 6.76. The minimum Gasteiger partial charge on any atom is -0.491 e. The molecule has 0 aliphatic rings. The van der Waals surface area contributed by atoms with Crippen LogP contribution in [0.1, 0.15) is 40.2 Å². The van der Waals surface area contributed by atoms with Crippen LogP contribution in [0.25, 0.3) is 0 Å². The molecule has 0 saturated carbocycles. The zero-order valence-electron chi connectivity index (χ0n) is 15.8. The zero-order valence-corrected chi connectivity index (χ0v) is 15.8. The molecule has 1 aromatic rings. The summed E-state index contributed by atoms with van der Waals surface area (Å²) in [5, 5.41) is 10.5. The number of hydrogen-bond donors (Lipinski definition) is 1. The molecule has 1 atom stereocenters. The number of benzene rings is 1. The fourth-order valence-electron chi connectivity index (χ4n) is 1.95. The first-order chi connectivity index (χ1) is 11.7. The van der Waals surface area contributed by atoms with Gasteiger partial charge < -0.3 is 24.1 Å². The van der Waals surface area contributed by atoms with Crippen molar-refractivity contribution in [1.82, 2.24) is 0 Å². The van der Waals surface area contributed by atoms with Crippen LogP contribution in [-0.2, 0) is 24.6 Å². The Hall–Kier alpha value is -1.63. The molecule has 0 aliphatic heterocycles. The number of carbonyl (C=O) groups excluding carboxylic acids is 1. The molecule has 1 aromatic carbocycles. The molecule has 0 amide bonds. The molecular formula is C19H30O6. The topological polar surface area (TPSA) is 74.2 Å². The largest absolute Gasteiger partial charge is 0.491 e. The van der Waals surface area contributed by atoms with Gasteiger partial charge in [-0.25, -0.2) is 4.79 Å². The van der Waals surface area contributed by atoms with Crippen LogP contribution < -0.4 is 4.74 Å². The highest BCUT2D eigenvalue weighted by Gasteiger charge is 2.36. The highest BCUT2D eigenvalue weighted by atomic mass is 16.6. The number of carbonyl (C=O) groups is 1. The van der Waals surface area contributed by atoms with Crippen molar-refractivity contribution in [3.63, 3.8) is 0 Å². The summed E-state index contributed by atoms with van der Waals surface area (Å²) < 4.78 is 21.3. The number of rotatable bonds is 10. The van der Waals surface area contributed by atoms with Crippen LogP contribution in [0.2, 0.25) is 0 Å². The molecule has 1 N–H and O–H groups in total. The fraction of sp³-hybridized carbons (Fsp3) is 0.632. The van der Waals surface area contributed by atoms with Crippen molar-refractivity contribution < 1.29 is 28.8 Å². The molecule has 6 nitrogen and oxygen atoms in total. The summed E-state index contributed by atoms with van der Waals surface area (Å²) in [4.78, 5) is 12.2. The van der Waals surface area contributed by atoms with Crippen molar-refractivity contribution in [2.45, 2.75) is 45.8 Å². The first kappa shape index (κ1) is 21.4. The summed E-state index contributed by atoms with van der Waals surface area (Å²) in [6.07, 6.45) is 0. The predicted molar refractivity (Wildman–Crippen MR) is 94.7 cm³/mol. The lowest BCUT2D eigenvalue weighted by atomic mass is 9.96. The highest BCUT2D eigenvalue weighted by molar-refractivity contribution is 5.81. The standard InChI is InChI=1S/C19H30O6/c1-6-22-11-12-23-13-14-24-16-9-7-15(8-10-16)19(5,21)17(20)25-18(2,3)4/h7-10,21H,6,11-14H2,1-5H3. The number of esters is 1. The van der Waals surface area contributed by atoms with E-state index < -0.39 is 17.2 Å². The Kier molecular flexibility index (Phi) is 8.35. The number of hydrogen-bond acceptors (Lipinski definition) is 6. The third-order valence-electron chi connectivity index (χ3n) is 3.29. The lowest BCUT2D eigenvalue weighted by Crippen LogP contribution is -2.38. The van der Waals surface area contributed by atoms with Gasteiger partial charge in [-0.1, -0.05) is 12.1 Å². The summed E-state index contributed by atoms with van der Waals surface area (Å²) in [5.41, 5.74) is -1.93. The Bertz CT molecular complexity index is 516. The van der Waals surface area contributed by atoms with Gasteiger partial charge in [0.15, 0.2) is 5.60 Å². The lowest BCUT2D eigenvalue weighted by molar-refractivity contribution is -0.176. The van der Waals surface area contributed by atoms with Crippen molar-refractivity contribution in [2.75, 3.05) is 33.0 Å². The van der Waals surface area contributed by atoms with Gasteiger partial charge in [-0.2, -0.15) is 0 Å². The first-order valence-electron chi connectivity index (χ1n) is 8.51. The van der Waals surface area contributed by atoms with Crippen LogP contribution in [0.3, 0.4) is 0 Å². The second kappa shape index (κ2) is 9.75. The molecule has 0 radical (unpaired) electrons. The van der Waals surface area contributed by atoms with E-state index >= 15 is 0 Å². The van der Waals surface area contributed by atoms with E-state index in [4.69, 9.17) is 18.9 Å². The summed E-state index contributed by atoms with van der Waals surface area (Å²) in [6, 6.07) is 6.70. The Morgan fingerprint density at radius 1 is 0.960 bits per heavy atom. The molecule has 1 rings (SSSR count). The van der Waals surface area contributed by atoms with Gasteiger partial charge in [0, 0.05) is 6.61 Å². The molecule has 0 aromatic heterocycles. The SMILES string of the molecule is CCOCCOCCOc1ccc(C(C)(O)C(=O)OC(C)(C)C)cc1. The van der Waals surface area contributed by atoms with Crippen LogP contribution in [0.4, 0.5) is 0 Å². The van der Waals surface area contributed by atoms with E-state index in [1.807, 2.05) is 6.92 Å². The number of aliphatic hydroxyl groups is 1. The van der Waals surface area contributed by atoms with Gasteiger partial charge in [0.05, 0.1) is 19.8 Å². The van der Waals surface area contributed by atoms with Crippen molar-refractivity contribution in [3.05, 3.63) is 29.8 Å². The second-order valence-corrected chi connectivity index (χ2v) is 6.76. The third kappa shape index (κ3) is 7.86. The maximum atomic E-state index is 12.2. The molecule has 142 valence electrons. The molecule has 0 spiro atoms. The molecule has 0 aliphatic carbocycles. The third-order valence-corrected chi connectivity index (χ3v) is 3.29. The van der Waals surface area contributed by atoms with E-state index in [-0.39, 0.29) is 0 Å². The molecule has 0 saturated heterocycles. The average Bonchev–Trinajstić information content (AvgIpc) is 2.53. The van der Waals surface area contributed by atoms with E-state index in [1.165, 1.54) is 6.92 Å². The quantitative estimate of drug-likeness (QED) is 0.514. The van der Waals surface area contributed by atoms with E-state index in [2.05, 4.69) is 0 Å². The van der Waals surface area contributed by atoms with Crippen molar-refractivity contribution in [2.24, 2.45) is 0 Å². The summed E-state index contributed by atoms with van der Waals surface area (Å²) >= 11 is 0. The van der Waals surface area contributed by atoms with Gasteiger partial charge in [0.1, 0.15) is 18.0 Å². The summed E-state index contributed by atoms with van der Waals surface area (Å²) in [5.74, 6) is -0.0477. The molecule has 25 heavy (non-hydrogen) atoms. The summed E-state index contributed by atoms with van der Waals surface area (Å²) in [7, 11) is 0. The van der Waals surface area contributed by atoms with Gasteiger partial charge in [0.25, 0.3) is 0 Å². The minimum absolute atomic E-state index is 0.411. The van der Waals surface area contributed by atoms with Crippen LogP contribution in [0.5, 0.6) is 5.75 Å². The van der Waals surface area contributed by atoms with Crippen LogP contribution in [0, 0.1) is 0 Å².